The van der Waals surface area contributed by atoms with Gasteiger partial charge in [-0.1, -0.05) is 6.07 Å². The summed E-state index contributed by atoms with van der Waals surface area (Å²) < 4.78 is 0. The number of carboxylic acids is 1. The Balaban J connectivity index is 2.65. The highest BCUT2D eigenvalue weighted by Gasteiger charge is 2.17. The largest absolute Gasteiger partial charge is 0.481 e. The van der Waals surface area contributed by atoms with Crippen LogP contribution >= 0.6 is 11.8 Å². The van der Waals surface area contributed by atoms with Crippen molar-refractivity contribution in [3.05, 3.63) is 24.3 Å². The number of aliphatic carboxylic acids is 1. The van der Waals surface area contributed by atoms with Crippen LogP contribution in [-0.4, -0.2) is 40.8 Å². The van der Waals surface area contributed by atoms with E-state index in [1.165, 1.54) is 0 Å². The number of nitrogens with zero attached hydrogens (tertiary/aromatic N) is 1. The van der Waals surface area contributed by atoms with Gasteiger partial charge in [-0.05, 0) is 44.7 Å². The molecular formula is C15H22N2O3S. The minimum absolute atomic E-state index is 0.0162. The van der Waals surface area contributed by atoms with Crippen molar-refractivity contribution >= 4 is 29.4 Å². The second kappa shape index (κ2) is 8.56. The van der Waals surface area contributed by atoms with Gasteiger partial charge in [-0.25, -0.2) is 4.79 Å². The number of carbonyl (C=O) groups is 2. The zero-order chi connectivity index (χ0) is 15.8. The first-order valence-corrected chi connectivity index (χ1v) is 8.10. The maximum Gasteiger partial charge on any atom is 0.322 e. The molecule has 0 aromatic heterocycles. The van der Waals surface area contributed by atoms with E-state index in [0.29, 0.717) is 13.0 Å². The Morgan fingerprint density at radius 2 is 2.10 bits per heavy atom. The Hall–Kier alpha value is -1.69. The second-order valence-corrected chi connectivity index (χ2v) is 5.83. The summed E-state index contributed by atoms with van der Waals surface area (Å²) in [7, 11) is 0. The van der Waals surface area contributed by atoms with E-state index in [0.717, 1.165) is 10.6 Å². The van der Waals surface area contributed by atoms with E-state index >= 15 is 0 Å². The molecule has 0 spiro atoms. The summed E-state index contributed by atoms with van der Waals surface area (Å²) in [4.78, 5) is 25.6. The molecule has 2 N–H and O–H groups in total. The van der Waals surface area contributed by atoms with Crippen LogP contribution in [0, 0.1) is 0 Å². The number of nitrogens with one attached hydrogen (secondary N) is 1. The number of hydrogen-bond acceptors (Lipinski definition) is 3. The maximum absolute atomic E-state index is 12.3. The number of amides is 2. The van der Waals surface area contributed by atoms with Crippen LogP contribution in [0.5, 0.6) is 0 Å². The number of urea groups is 1. The molecular weight excluding hydrogens is 288 g/mol. The normalized spacial score (nSPS) is 10.5. The summed E-state index contributed by atoms with van der Waals surface area (Å²) in [5.41, 5.74) is 0.746. The quantitative estimate of drug-likeness (QED) is 0.756. The van der Waals surface area contributed by atoms with E-state index in [9.17, 15) is 9.59 Å². The van der Waals surface area contributed by atoms with Gasteiger partial charge in [0.25, 0.3) is 0 Å². The fourth-order valence-electron chi connectivity index (χ4n) is 1.89. The van der Waals surface area contributed by atoms with Gasteiger partial charge >= 0.3 is 12.0 Å². The number of anilines is 1. The molecule has 6 heteroatoms. The van der Waals surface area contributed by atoms with Crippen molar-refractivity contribution in [3.8, 4) is 0 Å². The maximum atomic E-state index is 12.3. The van der Waals surface area contributed by atoms with Crippen LogP contribution < -0.4 is 5.32 Å². The molecule has 0 radical (unpaired) electrons. The van der Waals surface area contributed by atoms with Crippen LogP contribution in [0.25, 0.3) is 0 Å². The lowest BCUT2D eigenvalue weighted by Crippen LogP contribution is -2.40. The third-order valence-corrected chi connectivity index (χ3v) is 3.72. The fourth-order valence-corrected chi connectivity index (χ4v) is 2.35. The van der Waals surface area contributed by atoms with Crippen molar-refractivity contribution in [2.75, 3.05) is 18.1 Å². The Labute approximate surface area is 129 Å². The molecule has 0 atom stereocenters. The molecule has 0 unspecified atom stereocenters. The zero-order valence-corrected chi connectivity index (χ0v) is 13.4. The number of hydrogen-bond donors (Lipinski definition) is 2. The molecule has 0 aliphatic rings. The summed E-state index contributed by atoms with van der Waals surface area (Å²) in [6.07, 6.45) is 2.50. The first kappa shape index (κ1) is 17.4. The Morgan fingerprint density at radius 3 is 2.67 bits per heavy atom. The summed E-state index contributed by atoms with van der Waals surface area (Å²) >= 11 is 1.61. The fraction of sp³-hybridized carbons (Fsp3) is 0.467. The van der Waals surface area contributed by atoms with Gasteiger partial charge in [0, 0.05) is 29.6 Å². The van der Waals surface area contributed by atoms with Gasteiger partial charge in [0.1, 0.15) is 0 Å². The first-order valence-electron chi connectivity index (χ1n) is 6.87. The number of rotatable bonds is 7. The van der Waals surface area contributed by atoms with Crippen LogP contribution in [0.15, 0.2) is 29.2 Å². The number of carboxylic acid groups (broad SMARTS) is 1. The molecule has 5 nitrogen and oxygen atoms in total. The van der Waals surface area contributed by atoms with E-state index in [2.05, 4.69) is 5.32 Å². The topological polar surface area (TPSA) is 69.6 Å². The van der Waals surface area contributed by atoms with Crippen molar-refractivity contribution in [3.63, 3.8) is 0 Å². The van der Waals surface area contributed by atoms with Gasteiger partial charge in [0.15, 0.2) is 0 Å². The van der Waals surface area contributed by atoms with E-state index in [4.69, 9.17) is 5.11 Å². The van der Waals surface area contributed by atoms with Crippen molar-refractivity contribution in [1.29, 1.82) is 0 Å². The van der Waals surface area contributed by atoms with Gasteiger partial charge in [-0.15, -0.1) is 11.8 Å². The predicted octanol–water partition coefficient (Wildman–Crippen LogP) is 3.52. The van der Waals surface area contributed by atoms with E-state index in [1.54, 1.807) is 16.7 Å². The van der Waals surface area contributed by atoms with Crippen LogP contribution in [0.1, 0.15) is 26.7 Å². The summed E-state index contributed by atoms with van der Waals surface area (Å²) in [6, 6.07) is 7.45. The molecule has 0 aliphatic heterocycles. The summed E-state index contributed by atoms with van der Waals surface area (Å²) in [5.74, 6) is -0.841. The molecule has 2 amide bonds. The number of thioether (sulfide) groups is 1. The lowest BCUT2D eigenvalue weighted by Gasteiger charge is -2.26. The molecule has 1 aromatic carbocycles. The average molecular weight is 310 g/mol. The lowest BCUT2D eigenvalue weighted by molar-refractivity contribution is -0.137. The first-order chi connectivity index (χ1) is 9.93. The van der Waals surface area contributed by atoms with E-state index < -0.39 is 5.97 Å². The SMILES string of the molecule is CSc1cccc(NC(=O)N(CCCC(=O)O)C(C)C)c1. The molecule has 0 heterocycles. The van der Waals surface area contributed by atoms with Crippen molar-refractivity contribution < 1.29 is 14.7 Å². The molecule has 0 aliphatic carbocycles. The van der Waals surface area contributed by atoms with Crippen LogP contribution in [0.2, 0.25) is 0 Å². The molecule has 116 valence electrons. The monoisotopic (exact) mass is 310 g/mol. The third kappa shape index (κ3) is 6.08. The van der Waals surface area contributed by atoms with E-state index in [1.807, 2.05) is 44.4 Å². The Morgan fingerprint density at radius 1 is 1.38 bits per heavy atom. The highest BCUT2D eigenvalue weighted by molar-refractivity contribution is 7.98. The van der Waals surface area contributed by atoms with Gasteiger partial charge in [0.05, 0.1) is 0 Å². The van der Waals surface area contributed by atoms with Crippen LogP contribution in [-0.2, 0) is 4.79 Å². The average Bonchev–Trinajstić information content (AvgIpc) is 2.42. The minimum atomic E-state index is -0.841. The summed E-state index contributed by atoms with van der Waals surface area (Å²) in [5, 5.41) is 11.5. The Bertz CT molecular complexity index is 492. The van der Waals surface area contributed by atoms with Crippen molar-refractivity contribution in [2.45, 2.75) is 37.6 Å². The van der Waals surface area contributed by atoms with Crippen molar-refractivity contribution in [1.82, 2.24) is 4.90 Å². The molecule has 21 heavy (non-hydrogen) atoms. The van der Waals surface area contributed by atoms with Crippen LogP contribution in [0.3, 0.4) is 0 Å². The van der Waals surface area contributed by atoms with Gasteiger partial charge in [0.2, 0.25) is 0 Å². The molecule has 0 saturated carbocycles. The van der Waals surface area contributed by atoms with Crippen molar-refractivity contribution in [2.24, 2.45) is 0 Å². The third-order valence-electron chi connectivity index (χ3n) is 2.99. The molecule has 1 aromatic rings. The van der Waals surface area contributed by atoms with Gasteiger partial charge < -0.3 is 15.3 Å². The van der Waals surface area contributed by atoms with Gasteiger partial charge in [-0.3, -0.25) is 4.79 Å². The standard InChI is InChI=1S/C15H22N2O3S/c1-11(2)17(9-5-8-14(18)19)15(20)16-12-6-4-7-13(10-12)21-3/h4,6-7,10-11H,5,8-9H2,1-3H3,(H,16,20)(H,18,19). The second-order valence-electron chi connectivity index (χ2n) is 4.95. The molecule has 0 bridgehead atoms. The minimum Gasteiger partial charge on any atom is -0.481 e. The zero-order valence-electron chi connectivity index (χ0n) is 12.6. The number of carbonyl (C=O) groups excluding carboxylic acids is 1. The van der Waals surface area contributed by atoms with E-state index in [-0.39, 0.29) is 18.5 Å². The number of benzene rings is 1. The van der Waals surface area contributed by atoms with Gasteiger partial charge in [-0.2, -0.15) is 0 Å². The molecule has 0 saturated heterocycles. The Kier molecular flexibility index (Phi) is 7.08. The molecule has 1 rings (SSSR count). The predicted molar refractivity (Wildman–Crippen MR) is 86.0 cm³/mol. The smallest absolute Gasteiger partial charge is 0.322 e. The highest BCUT2D eigenvalue weighted by Crippen LogP contribution is 2.19. The summed E-state index contributed by atoms with van der Waals surface area (Å²) in [6.45, 7) is 4.26. The van der Waals surface area contributed by atoms with Crippen LogP contribution in [0.4, 0.5) is 10.5 Å². The lowest BCUT2D eigenvalue weighted by atomic mass is 10.2. The highest BCUT2D eigenvalue weighted by atomic mass is 32.2. The molecule has 0 fully saturated rings.